The number of rotatable bonds is 8. The number of esters is 1. The Bertz CT molecular complexity index is 847. The largest absolute Gasteiger partial charge is 0.460 e. The normalized spacial score (nSPS) is 13.2. The molecule has 0 spiro atoms. The van der Waals surface area contributed by atoms with E-state index in [1.165, 1.54) is 0 Å². The minimum atomic E-state index is -0.698. The highest BCUT2D eigenvalue weighted by molar-refractivity contribution is 8.13. The van der Waals surface area contributed by atoms with Gasteiger partial charge in [0.25, 0.3) is 5.91 Å². The van der Waals surface area contributed by atoms with Crippen LogP contribution in [0.1, 0.15) is 43.6 Å². The van der Waals surface area contributed by atoms with Gasteiger partial charge in [-0.05, 0) is 38.5 Å². The van der Waals surface area contributed by atoms with Crippen LogP contribution in [0.5, 0.6) is 0 Å². The highest BCUT2D eigenvalue weighted by Gasteiger charge is 2.26. The van der Waals surface area contributed by atoms with Crippen LogP contribution in [-0.2, 0) is 20.7 Å². The number of amides is 1. The van der Waals surface area contributed by atoms with Crippen LogP contribution in [0.15, 0.2) is 60.7 Å². The Morgan fingerprint density at radius 3 is 2.10 bits per heavy atom. The Hall–Kier alpha value is -2.60. The zero-order valence-electron chi connectivity index (χ0n) is 17.9. The smallest absolute Gasteiger partial charge is 0.310 e. The van der Waals surface area contributed by atoms with E-state index in [4.69, 9.17) is 4.74 Å². The molecule has 2 atom stereocenters. The zero-order valence-corrected chi connectivity index (χ0v) is 18.7. The van der Waals surface area contributed by atoms with Crippen LogP contribution < -0.4 is 5.32 Å². The van der Waals surface area contributed by atoms with Crippen molar-refractivity contribution in [2.45, 2.75) is 45.8 Å². The lowest BCUT2D eigenvalue weighted by molar-refractivity contribution is -0.158. The Balaban J connectivity index is 2.04. The van der Waals surface area contributed by atoms with Gasteiger partial charge in [-0.3, -0.25) is 14.4 Å². The van der Waals surface area contributed by atoms with Gasteiger partial charge < -0.3 is 10.1 Å². The second-order valence-electron chi connectivity index (χ2n) is 8.15. The first-order chi connectivity index (χ1) is 14.2. The summed E-state index contributed by atoms with van der Waals surface area (Å²) in [5.74, 6) is -0.776. The number of carbonyl (C=O) groups excluding carboxylic acids is 3. The van der Waals surface area contributed by atoms with E-state index >= 15 is 0 Å². The predicted molar refractivity (Wildman–Crippen MR) is 120 cm³/mol. The molecule has 0 heterocycles. The average Bonchev–Trinajstić information content (AvgIpc) is 2.71. The molecule has 1 N–H and O–H groups in total. The first-order valence-corrected chi connectivity index (χ1v) is 10.9. The second kappa shape index (κ2) is 11.0. The van der Waals surface area contributed by atoms with Crippen molar-refractivity contribution in [3.8, 4) is 0 Å². The van der Waals surface area contributed by atoms with E-state index < -0.39 is 17.6 Å². The third-order valence-electron chi connectivity index (χ3n) is 4.19. The van der Waals surface area contributed by atoms with Crippen molar-refractivity contribution >= 4 is 28.8 Å². The SMILES string of the molecule is CC(CSC(=O)C(Cc1ccccc1)NC(=O)c1ccccc1)C(=O)OC(C)(C)C. The summed E-state index contributed by atoms with van der Waals surface area (Å²) in [4.78, 5) is 37.7. The Morgan fingerprint density at radius 1 is 0.967 bits per heavy atom. The summed E-state index contributed by atoms with van der Waals surface area (Å²) in [6, 6.07) is 17.6. The highest BCUT2D eigenvalue weighted by Crippen LogP contribution is 2.18. The number of hydrogen-bond donors (Lipinski definition) is 1. The molecular weight excluding hydrogens is 398 g/mol. The first-order valence-electron chi connectivity index (χ1n) is 9.95. The number of hydrogen-bond acceptors (Lipinski definition) is 5. The number of carbonyl (C=O) groups is 3. The van der Waals surface area contributed by atoms with E-state index in [2.05, 4.69) is 5.32 Å². The summed E-state index contributed by atoms with van der Waals surface area (Å²) >= 11 is 1.05. The summed E-state index contributed by atoms with van der Waals surface area (Å²) in [7, 11) is 0. The maximum atomic E-state index is 12.9. The van der Waals surface area contributed by atoms with Gasteiger partial charge in [-0.1, -0.05) is 67.2 Å². The molecule has 0 bridgehead atoms. The quantitative estimate of drug-likeness (QED) is 0.637. The topological polar surface area (TPSA) is 72.5 Å². The van der Waals surface area contributed by atoms with Crippen LogP contribution in [-0.4, -0.2) is 34.4 Å². The van der Waals surface area contributed by atoms with E-state index in [0.717, 1.165) is 17.3 Å². The molecule has 2 aromatic carbocycles. The van der Waals surface area contributed by atoms with Gasteiger partial charge in [-0.2, -0.15) is 0 Å². The lowest BCUT2D eigenvalue weighted by Crippen LogP contribution is -2.41. The Kier molecular flexibility index (Phi) is 8.66. The molecule has 0 aliphatic carbocycles. The summed E-state index contributed by atoms with van der Waals surface area (Å²) in [5.41, 5.74) is 0.875. The molecule has 6 heteroatoms. The Labute approximate surface area is 182 Å². The molecule has 0 radical (unpaired) electrons. The van der Waals surface area contributed by atoms with Crippen LogP contribution in [0, 0.1) is 5.92 Å². The van der Waals surface area contributed by atoms with Gasteiger partial charge in [0.1, 0.15) is 11.6 Å². The lowest BCUT2D eigenvalue weighted by atomic mass is 10.1. The molecule has 30 heavy (non-hydrogen) atoms. The third kappa shape index (κ3) is 8.03. The van der Waals surface area contributed by atoms with Gasteiger partial charge in [-0.15, -0.1) is 0 Å². The van der Waals surface area contributed by atoms with E-state index in [0.29, 0.717) is 17.7 Å². The van der Waals surface area contributed by atoms with Crippen LogP contribution in [0.4, 0.5) is 0 Å². The zero-order chi connectivity index (χ0) is 22.1. The summed E-state index contributed by atoms with van der Waals surface area (Å²) in [6.45, 7) is 7.17. The maximum Gasteiger partial charge on any atom is 0.310 e. The molecule has 1 amide bonds. The molecule has 0 aliphatic heterocycles. The van der Waals surface area contributed by atoms with Gasteiger partial charge in [0, 0.05) is 17.7 Å². The molecule has 0 fully saturated rings. The molecule has 2 unspecified atom stereocenters. The third-order valence-corrected chi connectivity index (χ3v) is 5.43. The summed E-state index contributed by atoms with van der Waals surface area (Å²) < 4.78 is 5.38. The van der Waals surface area contributed by atoms with Gasteiger partial charge in [0.2, 0.25) is 5.12 Å². The first kappa shape index (κ1) is 23.7. The fraction of sp³-hybridized carbons (Fsp3) is 0.375. The molecule has 0 saturated heterocycles. The molecular formula is C24H29NO4S. The van der Waals surface area contributed by atoms with Crippen LogP contribution in [0.2, 0.25) is 0 Å². The number of thioether (sulfide) groups is 1. The van der Waals surface area contributed by atoms with Crippen molar-refractivity contribution in [3.63, 3.8) is 0 Å². The standard InChI is InChI=1S/C24H29NO4S/c1-17(22(27)29-24(2,3)4)16-30-23(28)20(15-18-11-7-5-8-12-18)25-21(26)19-13-9-6-10-14-19/h5-14,17,20H,15-16H2,1-4H3,(H,25,26). The predicted octanol–water partition coefficient (Wildman–Crippen LogP) is 4.27. The van der Waals surface area contributed by atoms with Gasteiger partial charge in [0.15, 0.2) is 0 Å². The van der Waals surface area contributed by atoms with Gasteiger partial charge in [-0.25, -0.2) is 0 Å². The van der Waals surface area contributed by atoms with E-state index in [-0.39, 0.29) is 17.0 Å². The molecule has 2 rings (SSSR count). The van der Waals surface area contributed by atoms with Crippen molar-refractivity contribution in [1.82, 2.24) is 5.32 Å². The van der Waals surface area contributed by atoms with E-state index in [9.17, 15) is 14.4 Å². The lowest BCUT2D eigenvalue weighted by Gasteiger charge is -2.22. The molecule has 2 aromatic rings. The van der Waals surface area contributed by atoms with Crippen molar-refractivity contribution in [3.05, 3.63) is 71.8 Å². The maximum absolute atomic E-state index is 12.9. The molecule has 0 aliphatic rings. The molecule has 0 saturated carbocycles. The van der Waals surface area contributed by atoms with E-state index in [1.807, 2.05) is 57.2 Å². The van der Waals surface area contributed by atoms with Crippen molar-refractivity contribution in [1.29, 1.82) is 0 Å². The van der Waals surface area contributed by atoms with Crippen molar-refractivity contribution < 1.29 is 19.1 Å². The number of nitrogens with one attached hydrogen (secondary N) is 1. The summed E-state index contributed by atoms with van der Waals surface area (Å²) in [6.07, 6.45) is 0.381. The fourth-order valence-electron chi connectivity index (χ4n) is 2.65. The van der Waals surface area contributed by atoms with Crippen LogP contribution in [0.25, 0.3) is 0 Å². The monoisotopic (exact) mass is 427 g/mol. The molecule has 5 nitrogen and oxygen atoms in total. The second-order valence-corrected chi connectivity index (χ2v) is 9.17. The van der Waals surface area contributed by atoms with Crippen molar-refractivity contribution in [2.24, 2.45) is 5.92 Å². The molecule has 160 valence electrons. The van der Waals surface area contributed by atoms with Crippen molar-refractivity contribution in [2.75, 3.05) is 5.75 Å². The number of benzene rings is 2. The number of ether oxygens (including phenoxy) is 1. The molecule has 0 aromatic heterocycles. The van der Waals surface area contributed by atoms with Gasteiger partial charge >= 0.3 is 5.97 Å². The van der Waals surface area contributed by atoms with E-state index in [1.54, 1.807) is 31.2 Å². The highest BCUT2D eigenvalue weighted by atomic mass is 32.2. The van der Waals surface area contributed by atoms with Crippen LogP contribution in [0.3, 0.4) is 0 Å². The minimum absolute atomic E-state index is 0.182. The fourth-order valence-corrected chi connectivity index (χ4v) is 3.55. The average molecular weight is 428 g/mol. The van der Waals surface area contributed by atoms with Gasteiger partial charge in [0.05, 0.1) is 5.92 Å². The van der Waals surface area contributed by atoms with Crippen LogP contribution >= 0.6 is 11.8 Å². The summed E-state index contributed by atoms with van der Waals surface area (Å²) in [5, 5.41) is 2.67. The minimum Gasteiger partial charge on any atom is -0.460 e. The Morgan fingerprint density at radius 2 is 1.53 bits per heavy atom.